The van der Waals surface area contributed by atoms with Gasteiger partial charge in [-0.05, 0) is 31.2 Å². The number of sulfonamides is 1. The number of carboxylic acids is 1. The summed E-state index contributed by atoms with van der Waals surface area (Å²) in [4.78, 5) is 10.8. The average molecular weight is 287 g/mol. The van der Waals surface area contributed by atoms with E-state index >= 15 is 0 Å². The first-order chi connectivity index (χ1) is 8.89. The lowest BCUT2D eigenvalue weighted by Gasteiger charge is -2.17. The lowest BCUT2D eigenvalue weighted by atomic mass is 10.2. The van der Waals surface area contributed by atoms with Gasteiger partial charge in [0.25, 0.3) is 0 Å². The van der Waals surface area contributed by atoms with Gasteiger partial charge in [-0.1, -0.05) is 0 Å². The lowest BCUT2D eigenvalue weighted by Crippen LogP contribution is -2.30. The highest BCUT2D eigenvalue weighted by Crippen LogP contribution is 2.15. The summed E-state index contributed by atoms with van der Waals surface area (Å²) in [6, 6.07) is 5.11. The van der Waals surface area contributed by atoms with Gasteiger partial charge in [0.15, 0.2) is 0 Å². The van der Waals surface area contributed by atoms with Crippen molar-refractivity contribution < 1.29 is 23.1 Å². The van der Waals surface area contributed by atoms with Crippen molar-refractivity contribution in [3.05, 3.63) is 29.8 Å². The van der Waals surface area contributed by atoms with Gasteiger partial charge in [0.1, 0.15) is 0 Å². The number of nitrogens with zero attached hydrogens (tertiary/aromatic N) is 1. The molecule has 0 unspecified atom stereocenters. The molecule has 0 aliphatic carbocycles. The number of hydrogen-bond acceptors (Lipinski definition) is 4. The van der Waals surface area contributed by atoms with E-state index in [1.165, 1.54) is 35.6 Å². The molecule has 0 amide bonds. The molecule has 0 saturated carbocycles. The standard InChI is InChI=1S/C12H17NO5S/c1-3-18-9-8-13(2)19(16,17)11-6-4-10(5-7-11)12(14)15/h4-7H,3,8-9H2,1-2H3,(H,14,15). The molecule has 1 rings (SSSR count). The summed E-state index contributed by atoms with van der Waals surface area (Å²) >= 11 is 0. The quantitative estimate of drug-likeness (QED) is 0.758. The van der Waals surface area contributed by atoms with E-state index in [2.05, 4.69) is 0 Å². The Morgan fingerprint density at radius 3 is 2.37 bits per heavy atom. The number of aromatic carboxylic acids is 1. The van der Waals surface area contributed by atoms with E-state index in [1.54, 1.807) is 0 Å². The largest absolute Gasteiger partial charge is 0.478 e. The van der Waals surface area contributed by atoms with Crippen LogP contribution in [-0.4, -0.2) is 50.6 Å². The molecule has 106 valence electrons. The zero-order chi connectivity index (χ0) is 14.5. The van der Waals surface area contributed by atoms with Gasteiger partial charge in [0, 0.05) is 20.2 Å². The molecule has 1 aromatic carbocycles. The molecule has 0 heterocycles. The number of hydrogen-bond donors (Lipinski definition) is 1. The van der Waals surface area contributed by atoms with Crippen molar-refractivity contribution in [2.75, 3.05) is 26.8 Å². The Balaban J connectivity index is 2.84. The maximum Gasteiger partial charge on any atom is 0.335 e. The number of carboxylic acid groups (broad SMARTS) is 1. The van der Waals surface area contributed by atoms with E-state index in [9.17, 15) is 13.2 Å². The first-order valence-electron chi connectivity index (χ1n) is 5.77. The smallest absolute Gasteiger partial charge is 0.335 e. The summed E-state index contributed by atoms with van der Waals surface area (Å²) in [5, 5.41) is 8.75. The summed E-state index contributed by atoms with van der Waals surface area (Å²) in [5.41, 5.74) is 0.0518. The molecule has 0 atom stereocenters. The zero-order valence-electron chi connectivity index (χ0n) is 10.9. The van der Waals surface area contributed by atoms with E-state index < -0.39 is 16.0 Å². The summed E-state index contributed by atoms with van der Waals surface area (Å²) in [5.74, 6) is -1.09. The Morgan fingerprint density at radius 2 is 1.89 bits per heavy atom. The van der Waals surface area contributed by atoms with E-state index in [4.69, 9.17) is 9.84 Å². The fraction of sp³-hybridized carbons (Fsp3) is 0.417. The Bertz CT molecular complexity index is 524. The van der Waals surface area contributed by atoms with Gasteiger partial charge in [-0.3, -0.25) is 0 Å². The molecule has 0 saturated heterocycles. The summed E-state index contributed by atoms with van der Waals surface area (Å²) in [7, 11) is -2.14. The van der Waals surface area contributed by atoms with Gasteiger partial charge in [-0.15, -0.1) is 0 Å². The number of rotatable bonds is 7. The maximum absolute atomic E-state index is 12.1. The number of benzene rings is 1. The van der Waals surface area contributed by atoms with E-state index in [0.717, 1.165) is 0 Å². The molecule has 0 spiro atoms. The van der Waals surface area contributed by atoms with E-state index in [1.807, 2.05) is 6.92 Å². The van der Waals surface area contributed by atoms with Gasteiger partial charge in [0.2, 0.25) is 10.0 Å². The minimum absolute atomic E-state index is 0.0518. The highest BCUT2D eigenvalue weighted by atomic mass is 32.2. The van der Waals surface area contributed by atoms with Crippen LogP contribution in [0, 0.1) is 0 Å². The van der Waals surface area contributed by atoms with Crippen LogP contribution in [0.25, 0.3) is 0 Å². The second kappa shape index (κ2) is 6.65. The van der Waals surface area contributed by atoms with Crippen LogP contribution < -0.4 is 0 Å². The van der Waals surface area contributed by atoms with Crippen LogP contribution in [0.2, 0.25) is 0 Å². The second-order valence-electron chi connectivity index (χ2n) is 3.85. The Kier molecular flexibility index (Phi) is 5.46. The average Bonchev–Trinajstić information content (AvgIpc) is 2.39. The van der Waals surface area contributed by atoms with Crippen molar-refractivity contribution in [3.8, 4) is 0 Å². The van der Waals surface area contributed by atoms with Gasteiger partial charge >= 0.3 is 5.97 Å². The Labute approximate surface area is 112 Å². The maximum atomic E-state index is 12.1. The predicted octanol–water partition coefficient (Wildman–Crippen LogP) is 1.04. The molecular formula is C12H17NO5S. The third-order valence-corrected chi connectivity index (χ3v) is 4.44. The molecule has 0 radical (unpaired) electrons. The number of likely N-dealkylation sites (N-methyl/N-ethyl adjacent to an activating group) is 1. The van der Waals surface area contributed by atoms with Crippen molar-refractivity contribution in [1.29, 1.82) is 0 Å². The first kappa shape index (κ1) is 15.6. The van der Waals surface area contributed by atoms with Crippen LogP contribution in [0.1, 0.15) is 17.3 Å². The van der Waals surface area contributed by atoms with Gasteiger partial charge in [-0.2, -0.15) is 4.31 Å². The monoisotopic (exact) mass is 287 g/mol. The topological polar surface area (TPSA) is 83.9 Å². The lowest BCUT2D eigenvalue weighted by molar-refractivity contribution is 0.0696. The highest BCUT2D eigenvalue weighted by molar-refractivity contribution is 7.89. The summed E-state index contributed by atoms with van der Waals surface area (Å²) in [6.45, 7) is 2.93. The van der Waals surface area contributed by atoms with Gasteiger partial charge in [-0.25, -0.2) is 13.2 Å². The summed E-state index contributed by atoms with van der Waals surface area (Å²) < 4.78 is 30.5. The van der Waals surface area contributed by atoms with Crippen LogP contribution in [0.5, 0.6) is 0 Å². The van der Waals surface area contributed by atoms with Crippen molar-refractivity contribution >= 4 is 16.0 Å². The fourth-order valence-corrected chi connectivity index (χ4v) is 2.56. The molecule has 7 heteroatoms. The van der Waals surface area contributed by atoms with E-state index in [0.29, 0.717) is 13.2 Å². The molecule has 1 N–H and O–H groups in total. The molecule has 1 aromatic rings. The molecule has 0 fully saturated rings. The third kappa shape index (κ3) is 4.02. The van der Waals surface area contributed by atoms with Crippen LogP contribution in [0.15, 0.2) is 29.2 Å². The van der Waals surface area contributed by atoms with Gasteiger partial charge in [0.05, 0.1) is 17.1 Å². The third-order valence-electron chi connectivity index (χ3n) is 2.56. The second-order valence-corrected chi connectivity index (χ2v) is 5.90. The molecular weight excluding hydrogens is 270 g/mol. The predicted molar refractivity (Wildman–Crippen MR) is 69.7 cm³/mol. The minimum Gasteiger partial charge on any atom is -0.478 e. The Morgan fingerprint density at radius 1 is 1.32 bits per heavy atom. The SMILES string of the molecule is CCOCCN(C)S(=O)(=O)c1ccc(C(=O)O)cc1. The molecule has 19 heavy (non-hydrogen) atoms. The molecule has 0 bridgehead atoms. The molecule has 6 nitrogen and oxygen atoms in total. The summed E-state index contributed by atoms with van der Waals surface area (Å²) in [6.07, 6.45) is 0. The fourth-order valence-electron chi connectivity index (χ4n) is 1.41. The minimum atomic E-state index is -3.60. The van der Waals surface area contributed by atoms with Crippen molar-refractivity contribution in [3.63, 3.8) is 0 Å². The highest BCUT2D eigenvalue weighted by Gasteiger charge is 2.20. The first-order valence-corrected chi connectivity index (χ1v) is 7.21. The van der Waals surface area contributed by atoms with Crippen LogP contribution in [0.4, 0.5) is 0 Å². The van der Waals surface area contributed by atoms with Crippen molar-refractivity contribution in [1.82, 2.24) is 4.31 Å². The Hall–Kier alpha value is -1.44. The van der Waals surface area contributed by atoms with Crippen molar-refractivity contribution in [2.45, 2.75) is 11.8 Å². The van der Waals surface area contributed by atoms with Crippen molar-refractivity contribution in [2.24, 2.45) is 0 Å². The van der Waals surface area contributed by atoms with Crippen LogP contribution >= 0.6 is 0 Å². The number of ether oxygens (including phenoxy) is 1. The molecule has 0 aliphatic heterocycles. The normalized spacial score (nSPS) is 11.7. The van der Waals surface area contributed by atoms with E-state index in [-0.39, 0.29) is 17.0 Å². The zero-order valence-corrected chi connectivity index (χ0v) is 11.7. The van der Waals surface area contributed by atoms with Gasteiger partial charge < -0.3 is 9.84 Å². The van der Waals surface area contributed by atoms with Crippen LogP contribution in [0.3, 0.4) is 0 Å². The molecule has 0 aromatic heterocycles. The number of carbonyl (C=O) groups is 1. The van der Waals surface area contributed by atoms with Crippen LogP contribution in [-0.2, 0) is 14.8 Å². The molecule has 0 aliphatic rings.